The molecule has 3 aromatic rings. The van der Waals surface area contributed by atoms with Gasteiger partial charge < -0.3 is 4.42 Å². The molecule has 0 aliphatic heterocycles. The molecule has 0 radical (unpaired) electrons. The van der Waals surface area contributed by atoms with Gasteiger partial charge in [-0.25, -0.2) is 4.98 Å². The minimum Gasteiger partial charge on any atom is -0.452 e. The van der Waals surface area contributed by atoms with Crippen LogP contribution < -0.4 is 0 Å². The molecule has 3 aromatic heterocycles. The van der Waals surface area contributed by atoms with Crippen LogP contribution in [0.2, 0.25) is 0 Å². The molecule has 78 valence electrons. The number of nitrogens with one attached hydrogen (secondary N) is 1. The molecule has 15 heavy (non-hydrogen) atoms. The minimum atomic E-state index is 1.38. The average molecular weight is 222 g/mol. The Morgan fingerprint density at radius 1 is 1.13 bits per heavy atom. The standard InChI is InChI=1S/C3H4N2.C3H3NO.C3H3NS/c1-2-4-5-3-1;2*1-2-5-3-4-1/h1-3H,(H,4,5);2*1-3H. The van der Waals surface area contributed by atoms with Gasteiger partial charge in [0.15, 0.2) is 6.39 Å². The van der Waals surface area contributed by atoms with Crippen LogP contribution in [0.15, 0.2) is 58.8 Å². The smallest absolute Gasteiger partial charge is 0.180 e. The third kappa shape index (κ3) is 7.15. The summed E-state index contributed by atoms with van der Waals surface area (Å²) in [6.07, 6.45) is 9.70. The highest BCUT2D eigenvalue weighted by Crippen LogP contribution is 1.85. The molecule has 0 saturated heterocycles. The lowest BCUT2D eigenvalue weighted by Gasteiger charge is -1.49. The number of rotatable bonds is 0. The molecule has 3 rings (SSSR count). The summed E-state index contributed by atoms with van der Waals surface area (Å²) < 4.78 is 4.47. The number of aromatic amines is 1. The van der Waals surface area contributed by atoms with Crippen molar-refractivity contribution in [2.24, 2.45) is 0 Å². The van der Waals surface area contributed by atoms with Gasteiger partial charge in [-0.15, -0.1) is 11.3 Å². The van der Waals surface area contributed by atoms with Crippen molar-refractivity contribution in [2.45, 2.75) is 0 Å². The highest BCUT2D eigenvalue weighted by molar-refractivity contribution is 7.07. The second kappa shape index (κ2) is 8.64. The van der Waals surface area contributed by atoms with Crippen LogP contribution in [0.5, 0.6) is 0 Å². The Balaban J connectivity index is 0.000000112. The van der Waals surface area contributed by atoms with Crippen LogP contribution in [0.4, 0.5) is 0 Å². The van der Waals surface area contributed by atoms with Crippen LogP contribution in [0, 0.1) is 0 Å². The summed E-state index contributed by atoms with van der Waals surface area (Å²) in [4.78, 5) is 7.30. The molecular formula is C9H10N4OS. The van der Waals surface area contributed by atoms with E-state index in [0.717, 1.165) is 0 Å². The molecule has 0 fully saturated rings. The Kier molecular flexibility index (Phi) is 6.41. The van der Waals surface area contributed by atoms with Gasteiger partial charge >= 0.3 is 0 Å². The number of nitrogens with zero attached hydrogens (tertiary/aromatic N) is 3. The normalized spacial score (nSPS) is 8.00. The van der Waals surface area contributed by atoms with Gasteiger partial charge in [0, 0.05) is 24.0 Å². The zero-order valence-electron chi connectivity index (χ0n) is 7.85. The third-order valence-electron chi connectivity index (χ3n) is 1.10. The quantitative estimate of drug-likeness (QED) is 0.633. The number of hydrogen-bond donors (Lipinski definition) is 1. The van der Waals surface area contributed by atoms with Crippen molar-refractivity contribution >= 4 is 11.3 Å². The Labute approximate surface area is 90.8 Å². The van der Waals surface area contributed by atoms with Crippen LogP contribution in [-0.2, 0) is 0 Å². The van der Waals surface area contributed by atoms with Gasteiger partial charge in [-0.05, 0) is 6.07 Å². The zero-order valence-corrected chi connectivity index (χ0v) is 8.67. The molecule has 0 aliphatic rings. The predicted octanol–water partition coefficient (Wildman–Crippen LogP) is 2.23. The minimum absolute atomic E-state index is 1.38. The van der Waals surface area contributed by atoms with Crippen LogP contribution in [0.25, 0.3) is 0 Å². The third-order valence-corrected chi connectivity index (χ3v) is 1.62. The lowest BCUT2D eigenvalue weighted by molar-refractivity contribution is 0.558. The second-order valence-electron chi connectivity index (χ2n) is 2.12. The van der Waals surface area contributed by atoms with E-state index in [9.17, 15) is 0 Å². The molecule has 0 unspecified atom stereocenters. The monoisotopic (exact) mass is 222 g/mol. The maximum atomic E-state index is 4.47. The molecule has 3 heterocycles. The summed E-state index contributed by atoms with van der Waals surface area (Å²) in [6.45, 7) is 0. The van der Waals surface area contributed by atoms with Crippen LogP contribution >= 0.6 is 11.3 Å². The van der Waals surface area contributed by atoms with E-state index in [0.29, 0.717) is 0 Å². The summed E-state index contributed by atoms with van der Waals surface area (Å²) in [5, 5.41) is 8.14. The Hall–Kier alpha value is -1.95. The Morgan fingerprint density at radius 2 is 2.13 bits per heavy atom. The van der Waals surface area contributed by atoms with Gasteiger partial charge in [-0.3, -0.25) is 10.1 Å². The molecule has 1 N–H and O–H groups in total. The fraction of sp³-hybridized carbons (Fsp3) is 0. The highest BCUT2D eigenvalue weighted by Gasteiger charge is 1.60. The number of oxazole rings is 1. The highest BCUT2D eigenvalue weighted by atomic mass is 32.1. The van der Waals surface area contributed by atoms with Gasteiger partial charge in [0.25, 0.3) is 0 Å². The lowest BCUT2D eigenvalue weighted by atomic mass is 10.8. The van der Waals surface area contributed by atoms with Gasteiger partial charge in [0.2, 0.25) is 0 Å². The Bertz CT molecular complexity index is 254. The maximum Gasteiger partial charge on any atom is 0.180 e. The fourth-order valence-corrected chi connectivity index (χ4v) is 0.918. The summed E-state index contributed by atoms with van der Waals surface area (Å²) in [5.74, 6) is 0. The molecule has 0 atom stereocenters. The first-order valence-electron chi connectivity index (χ1n) is 4.08. The van der Waals surface area contributed by atoms with Crippen LogP contribution in [-0.4, -0.2) is 20.2 Å². The molecule has 5 nitrogen and oxygen atoms in total. The summed E-state index contributed by atoms with van der Waals surface area (Å²) >= 11 is 1.60. The first-order chi connectivity index (χ1) is 7.50. The SMILES string of the molecule is c1cn[nH]c1.c1cocn1.c1cscn1. The maximum absolute atomic E-state index is 4.47. The van der Waals surface area contributed by atoms with Crippen molar-refractivity contribution in [2.75, 3.05) is 0 Å². The topological polar surface area (TPSA) is 67.6 Å². The van der Waals surface area contributed by atoms with Gasteiger partial charge in [-0.2, -0.15) is 5.10 Å². The van der Waals surface area contributed by atoms with Crippen molar-refractivity contribution in [3.63, 3.8) is 0 Å². The van der Waals surface area contributed by atoms with E-state index in [1.807, 2.05) is 11.4 Å². The van der Waals surface area contributed by atoms with Crippen molar-refractivity contribution in [3.8, 4) is 0 Å². The predicted molar refractivity (Wildman–Crippen MR) is 57.2 cm³/mol. The van der Waals surface area contributed by atoms with Gasteiger partial charge in [0.05, 0.1) is 11.7 Å². The molecule has 0 aromatic carbocycles. The van der Waals surface area contributed by atoms with Crippen LogP contribution in [0.1, 0.15) is 0 Å². The molecule has 0 saturated carbocycles. The molecule has 0 spiro atoms. The van der Waals surface area contributed by atoms with Gasteiger partial charge in [0.1, 0.15) is 6.26 Å². The number of hydrogen-bond acceptors (Lipinski definition) is 5. The van der Waals surface area contributed by atoms with E-state index in [1.54, 1.807) is 41.6 Å². The van der Waals surface area contributed by atoms with Crippen molar-refractivity contribution < 1.29 is 4.42 Å². The first kappa shape index (κ1) is 11.1. The molecule has 0 aliphatic carbocycles. The van der Waals surface area contributed by atoms with Crippen molar-refractivity contribution in [3.05, 3.63) is 54.4 Å². The summed E-state index contributed by atoms with van der Waals surface area (Å²) in [7, 11) is 0. The average Bonchev–Trinajstić information content (AvgIpc) is 3.09. The number of H-pyrrole nitrogens is 1. The molecule has 0 bridgehead atoms. The number of aromatic nitrogens is 4. The lowest BCUT2D eigenvalue weighted by Crippen LogP contribution is -1.53. The Morgan fingerprint density at radius 3 is 2.33 bits per heavy atom. The largest absolute Gasteiger partial charge is 0.452 e. The van der Waals surface area contributed by atoms with Crippen molar-refractivity contribution in [1.82, 2.24) is 20.2 Å². The van der Waals surface area contributed by atoms with E-state index in [4.69, 9.17) is 0 Å². The van der Waals surface area contributed by atoms with E-state index in [-0.39, 0.29) is 0 Å². The second-order valence-corrected chi connectivity index (χ2v) is 2.87. The molecule has 0 amide bonds. The number of thiazole rings is 1. The van der Waals surface area contributed by atoms with E-state index in [2.05, 4.69) is 24.6 Å². The van der Waals surface area contributed by atoms with Crippen molar-refractivity contribution in [1.29, 1.82) is 0 Å². The van der Waals surface area contributed by atoms with E-state index < -0.39 is 0 Å². The zero-order chi connectivity index (χ0) is 10.6. The van der Waals surface area contributed by atoms with Crippen LogP contribution in [0.3, 0.4) is 0 Å². The van der Waals surface area contributed by atoms with E-state index >= 15 is 0 Å². The van der Waals surface area contributed by atoms with Gasteiger partial charge in [-0.1, -0.05) is 0 Å². The molecular weight excluding hydrogens is 212 g/mol. The van der Waals surface area contributed by atoms with E-state index in [1.165, 1.54) is 12.7 Å². The summed E-state index contributed by atoms with van der Waals surface area (Å²) in [6, 6.07) is 1.83. The summed E-state index contributed by atoms with van der Waals surface area (Å²) in [5.41, 5.74) is 1.79. The fourth-order valence-electron chi connectivity index (χ4n) is 0.567. The molecule has 6 heteroatoms. The first-order valence-corrected chi connectivity index (χ1v) is 5.02.